The molecule has 1 N–H and O–H groups in total. The summed E-state index contributed by atoms with van der Waals surface area (Å²) in [4.78, 5) is 18.6. The summed E-state index contributed by atoms with van der Waals surface area (Å²) in [5.74, 6) is 0.393. The Bertz CT molecular complexity index is 898. The summed E-state index contributed by atoms with van der Waals surface area (Å²) >= 11 is 7.77. The Balaban J connectivity index is 1.68. The molecule has 0 aliphatic carbocycles. The van der Waals surface area contributed by atoms with Crippen molar-refractivity contribution in [3.63, 3.8) is 0 Å². The lowest BCUT2D eigenvalue weighted by molar-refractivity contribution is 0.102. The predicted octanol–water partition coefficient (Wildman–Crippen LogP) is 4.69. The molecule has 26 heavy (non-hydrogen) atoms. The number of rotatable bonds is 6. The highest BCUT2D eigenvalue weighted by atomic mass is 35.5. The summed E-state index contributed by atoms with van der Waals surface area (Å²) in [6.45, 7) is 0.371. The summed E-state index contributed by atoms with van der Waals surface area (Å²) in [5.41, 5.74) is 4.66. The number of hydrogen-bond donors (Lipinski definition) is 1. The molecule has 0 bridgehead atoms. The van der Waals surface area contributed by atoms with Gasteiger partial charge in [-0.05, 0) is 36.4 Å². The molecule has 2 aromatic carbocycles. The molecule has 0 aliphatic heterocycles. The van der Waals surface area contributed by atoms with Gasteiger partial charge in [-0.15, -0.1) is 11.3 Å². The molecule has 0 fully saturated rings. The lowest BCUT2D eigenvalue weighted by Crippen LogP contribution is -2.13. The van der Waals surface area contributed by atoms with Gasteiger partial charge in [-0.25, -0.2) is 4.98 Å². The summed E-state index contributed by atoms with van der Waals surface area (Å²) in [7, 11) is 3.83. The van der Waals surface area contributed by atoms with Crippen molar-refractivity contribution in [1.29, 1.82) is 0 Å². The number of carbonyl (C=O) groups excluding carboxylic acids is 1. The van der Waals surface area contributed by atoms with Crippen LogP contribution in [0.4, 0.5) is 11.4 Å². The number of anilines is 2. The lowest BCUT2D eigenvalue weighted by atomic mass is 10.2. The van der Waals surface area contributed by atoms with E-state index in [-0.39, 0.29) is 5.91 Å². The van der Waals surface area contributed by atoms with E-state index in [0.717, 1.165) is 11.4 Å². The van der Waals surface area contributed by atoms with E-state index in [4.69, 9.17) is 16.3 Å². The third-order valence-electron chi connectivity index (χ3n) is 3.65. The van der Waals surface area contributed by atoms with Gasteiger partial charge in [-0.3, -0.25) is 4.79 Å². The quantitative estimate of drug-likeness (QED) is 0.666. The number of aromatic nitrogens is 1. The second kappa shape index (κ2) is 8.21. The van der Waals surface area contributed by atoms with Crippen LogP contribution in [0.1, 0.15) is 16.1 Å². The van der Waals surface area contributed by atoms with E-state index in [2.05, 4.69) is 10.3 Å². The molecule has 1 aromatic heterocycles. The van der Waals surface area contributed by atoms with E-state index in [9.17, 15) is 4.79 Å². The summed E-state index contributed by atoms with van der Waals surface area (Å²) in [6, 6.07) is 12.5. The molecule has 3 aromatic rings. The van der Waals surface area contributed by atoms with Crippen LogP contribution in [0.25, 0.3) is 0 Å². The van der Waals surface area contributed by atoms with Crippen LogP contribution in [0.3, 0.4) is 0 Å². The standard InChI is InChI=1S/C19H18ClN3O2S/c1-23(2)18-7-6-14(9-17(18)20)22-19(24)13-4-3-5-16(8-13)25-10-15-11-26-12-21-15/h3-9,11-12H,10H2,1-2H3,(H,22,24). The zero-order chi connectivity index (χ0) is 18.5. The van der Waals surface area contributed by atoms with Gasteiger partial charge in [-0.1, -0.05) is 17.7 Å². The smallest absolute Gasteiger partial charge is 0.255 e. The normalized spacial score (nSPS) is 10.4. The fraction of sp³-hybridized carbons (Fsp3) is 0.158. The first-order valence-corrected chi connectivity index (χ1v) is 9.23. The molecule has 0 unspecified atom stereocenters. The molecule has 0 saturated carbocycles. The fourth-order valence-electron chi connectivity index (χ4n) is 2.34. The van der Waals surface area contributed by atoms with Crippen molar-refractivity contribution < 1.29 is 9.53 Å². The Labute approximate surface area is 161 Å². The fourth-order valence-corrected chi connectivity index (χ4v) is 3.24. The maximum atomic E-state index is 12.5. The molecule has 0 spiro atoms. The molecule has 1 heterocycles. The van der Waals surface area contributed by atoms with Crippen molar-refractivity contribution in [3.8, 4) is 5.75 Å². The van der Waals surface area contributed by atoms with E-state index in [1.54, 1.807) is 29.8 Å². The third-order valence-corrected chi connectivity index (χ3v) is 4.59. The predicted molar refractivity (Wildman–Crippen MR) is 107 cm³/mol. The SMILES string of the molecule is CN(C)c1ccc(NC(=O)c2cccc(OCc3cscn3)c2)cc1Cl. The zero-order valence-electron chi connectivity index (χ0n) is 14.4. The Morgan fingerprint density at radius 3 is 2.81 bits per heavy atom. The van der Waals surface area contributed by atoms with Gasteiger partial charge in [0.15, 0.2) is 0 Å². The molecule has 0 atom stereocenters. The van der Waals surface area contributed by atoms with E-state index < -0.39 is 0 Å². The van der Waals surface area contributed by atoms with Crippen LogP contribution in [-0.4, -0.2) is 25.0 Å². The molecule has 0 aliphatic rings. The van der Waals surface area contributed by atoms with Crippen LogP contribution in [0.5, 0.6) is 5.75 Å². The van der Waals surface area contributed by atoms with Crippen LogP contribution < -0.4 is 15.0 Å². The molecule has 0 radical (unpaired) electrons. The number of ether oxygens (including phenoxy) is 1. The van der Waals surface area contributed by atoms with Crippen molar-refractivity contribution in [3.05, 3.63) is 69.6 Å². The number of carbonyl (C=O) groups is 1. The van der Waals surface area contributed by atoms with E-state index in [0.29, 0.717) is 28.6 Å². The Morgan fingerprint density at radius 1 is 1.27 bits per heavy atom. The minimum absolute atomic E-state index is 0.224. The lowest BCUT2D eigenvalue weighted by Gasteiger charge is -2.15. The van der Waals surface area contributed by atoms with Crippen LogP contribution in [0, 0.1) is 0 Å². The molecule has 3 rings (SSSR count). The molecule has 134 valence electrons. The number of nitrogens with zero attached hydrogens (tertiary/aromatic N) is 2. The van der Waals surface area contributed by atoms with Crippen LogP contribution in [-0.2, 0) is 6.61 Å². The van der Waals surface area contributed by atoms with Gasteiger partial charge in [0.2, 0.25) is 0 Å². The van der Waals surface area contributed by atoms with Gasteiger partial charge in [0, 0.05) is 30.7 Å². The minimum atomic E-state index is -0.224. The van der Waals surface area contributed by atoms with Crippen LogP contribution in [0.2, 0.25) is 5.02 Å². The Morgan fingerprint density at radius 2 is 2.12 bits per heavy atom. The van der Waals surface area contributed by atoms with E-state index >= 15 is 0 Å². The largest absolute Gasteiger partial charge is 0.487 e. The maximum Gasteiger partial charge on any atom is 0.255 e. The van der Waals surface area contributed by atoms with Gasteiger partial charge in [0.25, 0.3) is 5.91 Å². The second-order valence-electron chi connectivity index (χ2n) is 5.81. The highest BCUT2D eigenvalue weighted by Crippen LogP contribution is 2.27. The number of nitrogens with one attached hydrogen (secondary N) is 1. The zero-order valence-corrected chi connectivity index (χ0v) is 16.0. The van der Waals surface area contributed by atoms with Gasteiger partial charge in [0.05, 0.1) is 21.9 Å². The van der Waals surface area contributed by atoms with Crippen molar-refractivity contribution in [1.82, 2.24) is 4.98 Å². The second-order valence-corrected chi connectivity index (χ2v) is 6.94. The highest BCUT2D eigenvalue weighted by Gasteiger charge is 2.10. The number of amides is 1. The van der Waals surface area contributed by atoms with Crippen molar-refractivity contribution >= 4 is 40.2 Å². The maximum absolute atomic E-state index is 12.5. The van der Waals surface area contributed by atoms with E-state index in [1.807, 2.05) is 42.6 Å². The van der Waals surface area contributed by atoms with E-state index in [1.165, 1.54) is 11.3 Å². The topological polar surface area (TPSA) is 54.5 Å². The van der Waals surface area contributed by atoms with Gasteiger partial charge >= 0.3 is 0 Å². The van der Waals surface area contributed by atoms with Crippen LogP contribution in [0.15, 0.2) is 53.4 Å². The molecule has 5 nitrogen and oxygen atoms in total. The summed E-state index contributed by atoms with van der Waals surface area (Å²) in [5, 5.41) is 5.36. The summed E-state index contributed by atoms with van der Waals surface area (Å²) < 4.78 is 5.69. The molecule has 1 amide bonds. The first kappa shape index (κ1) is 18.2. The molecular formula is C19H18ClN3O2S. The van der Waals surface area contributed by atoms with Gasteiger partial charge in [-0.2, -0.15) is 0 Å². The average molecular weight is 388 g/mol. The van der Waals surface area contributed by atoms with Gasteiger partial charge < -0.3 is 15.0 Å². The number of benzene rings is 2. The first-order chi connectivity index (χ1) is 12.5. The van der Waals surface area contributed by atoms with Gasteiger partial charge in [0.1, 0.15) is 12.4 Å². The number of halogens is 1. The summed E-state index contributed by atoms with van der Waals surface area (Å²) in [6.07, 6.45) is 0. The molecular weight excluding hydrogens is 370 g/mol. The monoisotopic (exact) mass is 387 g/mol. The molecule has 7 heteroatoms. The van der Waals surface area contributed by atoms with Crippen LogP contribution >= 0.6 is 22.9 Å². The van der Waals surface area contributed by atoms with Crippen molar-refractivity contribution in [2.75, 3.05) is 24.3 Å². The Kier molecular flexibility index (Phi) is 5.75. The minimum Gasteiger partial charge on any atom is -0.487 e. The first-order valence-electron chi connectivity index (χ1n) is 7.91. The Hall–Kier alpha value is -2.57. The average Bonchev–Trinajstić information content (AvgIpc) is 3.13. The highest BCUT2D eigenvalue weighted by molar-refractivity contribution is 7.07. The number of hydrogen-bond acceptors (Lipinski definition) is 5. The third kappa shape index (κ3) is 4.53. The van der Waals surface area contributed by atoms with Crippen molar-refractivity contribution in [2.45, 2.75) is 6.61 Å². The van der Waals surface area contributed by atoms with Crippen molar-refractivity contribution in [2.24, 2.45) is 0 Å². The number of thiazole rings is 1. The molecule has 0 saturated heterocycles.